The molecular weight excluding hydrogens is 334 g/mol. The van der Waals surface area contributed by atoms with E-state index in [4.69, 9.17) is 0 Å². The summed E-state index contributed by atoms with van der Waals surface area (Å²) >= 11 is 0. The van der Waals surface area contributed by atoms with E-state index in [0.717, 1.165) is 16.5 Å². The molecule has 2 N–H and O–H groups in total. The molecule has 0 bridgehead atoms. The van der Waals surface area contributed by atoms with Crippen LogP contribution in [0.4, 0.5) is 0 Å². The Morgan fingerprint density at radius 3 is 2.65 bits per heavy atom. The topological polar surface area (TPSA) is 99.6 Å². The van der Waals surface area contributed by atoms with E-state index in [1.807, 2.05) is 30.3 Å². The van der Waals surface area contributed by atoms with Gasteiger partial charge in [-0.25, -0.2) is 4.79 Å². The molecule has 1 heterocycles. The highest BCUT2D eigenvalue weighted by molar-refractivity contribution is 5.85. The summed E-state index contributed by atoms with van der Waals surface area (Å²) in [7, 11) is 0. The third-order valence-electron chi connectivity index (χ3n) is 4.22. The largest absolute Gasteiger partial charge is 0.480 e. The van der Waals surface area contributed by atoms with E-state index < -0.39 is 12.0 Å². The number of hydrogen-bond acceptors (Lipinski definition) is 4. The van der Waals surface area contributed by atoms with Crippen molar-refractivity contribution in [1.29, 1.82) is 0 Å². The number of carbonyl (C=O) groups is 3. The highest BCUT2D eigenvalue weighted by Crippen LogP contribution is 2.18. The zero-order chi connectivity index (χ0) is 19.1. The smallest absolute Gasteiger partial charge is 0.326 e. The van der Waals surface area contributed by atoms with E-state index in [0.29, 0.717) is 6.42 Å². The number of pyridine rings is 1. The van der Waals surface area contributed by atoms with Crippen LogP contribution in [0.15, 0.2) is 36.5 Å². The average Bonchev–Trinajstić information content (AvgIpc) is 2.62. The van der Waals surface area contributed by atoms with Gasteiger partial charge in [-0.1, -0.05) is 18.2 Å². The number of aryl methyl sites for hydroxylation is 1. The van der Waals surface area contributed by atoms with Gasteiger partial charge in [0.2, 0.25) is 11.8 Å². The van der Waals surface area contributed by atoms with Crippen LogP contribution < -0.4 is 5.32 Å². The first-order valence-electron chi connectivity index (χ1n) is 8.49. The molecule has 0 radical (unpaired) electrons. The molecular formula is C19H23N3O4. The van der Waals surface area contributed by atoms with Gasteiger partial charge in [-0.2, -0.15) is 0 Å². The Morgan fingerprint density at radius 2 is 1.96 bits per heavy atom. The maximum absolute atomic E-state index is 12.6. The maximum Gasteiger partial charge on any atom is 0.326 e. The monoisotopic (exact) mass is 357 g/mol. The fourth-order valence-corrected chi connectivity index (χ4v) is 2.78. The van der Waals surface area contributed by atoms with Crippen molar-refractivity contribution in [3.8, 4) is 0 Å². The fourth-order valence-electron chi connectivity index (χ4n) is 2.78. The number of amides is 2. The van der Waals surface area contributed by atoms with Gasteiger partial charge in [0, 0.05) is 38.0 Å². The number of aromatic nitrogens is 1. The Kier molecular flexibility index (Phi) is 6.66. The molecule has 1 aromatic carbocycles. The van der Waals surface area contributed by atoms with Gasteiger partial charge in [0.15, 0.2) is 0 Å². The Morgan fingerprint density at radius 1 is 1.23 bits per heavy atom. The van der Waals surface area contributed by atoms with E-state index in [-0.39, 0.29) is 31.3 Å². The quantitative estimate of drug-likeness (QED) is 0.748. The summed E-state index contributed by atoms with van der Waals surface area (Å²) in [4.78, 5) is 40.5. The van der Waals surface area contributed by atoms with Crippen molar-refractivity contribution in [2.75, 3.05) is 13.1 Å². The van der Waals surface area contributed by atoms with Crippen molar-refractivity contribution in [2.24, 2.45) is 0 Å². The van der Waals surface area contributed by atoms with Crippen LogP contribution >= 0.6 is 0 Å². The van der Waals surface area contributed by atoms with Crippen LogP contribution in [-0.4, -0.2) is 51.9 Å². The molecule has 0 aliphatic carbocycles. The molecule has 2 rings (SSSR count). The summed E-state index contributed by atoms with van der Waals surface area (Å²) in [5, 5.41) is 12.8. The first kappa shape index (κ1) is 19.4. The van der Waals surface area contributed by atoms with E-state index in [1.54, 1.807) is 6.20 Å². The van der Waals surface area contributed by atoms with E-state index >= 15 is 0 Å². The molecule has 1 aromatic heterocycles. The summed E-state index contributed by atoms with van der Waals surface area (Å²) in [5.74, 6) is -1.55. The van der Waals surface area contributed by atoms with Gasteiger partial charge in [-0.3, -0.25) is 14.6 Å². The Hall–Kier alpha value is -2.96. The molecule has 138 valence electrons. The van der Waals surface area contributed by atoms with Crippen molar-refractivity contribution in [3.63, 3.8) is 0 Å². The second-order valence-electron chi connectivity index (χ2n) is 6.07. The average molecular weight is 357 g/mol. The van der Waals surface area contributed by atoms with Gasteiger partial charge in [-0.05, 0) is 31.0 Å². The zero-order valence-electron chi connectivity index (χ0n) is 14.9. The fraction of sp³-hybridized carbons (Fsp3) is 0.368. The molecule has 7 heteroatoms. The molecule has 0 saturated carbocycles. The summed E-state index contributed by atoms with van der Waals surface area (Å²) in [6, 6.07) is 8.61. The van der Waals surface area contributed by atoms with Gasteiger partial charge in [0.25, 0.3) is 0 Å². The van der Waals surface area contributed by atoms with Crippen molar-refractivity contribution in [1.82, 2.24) is 15.2 Å². The van der Waals surface area contributed by atoms with E-state index in [1.165, 1.54) is 18.7 Å². The minimum absolute atomic E-state index is 0.156. The number of carboxylic acids is 1. The number of hydrogen-bond donors (Lipinski definition) is 2. The molecule has 26 heavy (non-hydrogen) atoms. The first-order chi connectivity index (χ1) is 12.4. The summed E-state index contributed by atoms with van der Waals surface area (Å²) in [6.07, 6.45) is 2.38. The highest BCUT2D eigenvalue weighted by atomic mass is 16.4. The van der Waals surface area contributed by atoms with Gasteiger partial charge >= 0.3 is 5.97 Å². The lowest BCUT2D eigenvalue weighted by Gasteiger charge is -2.26. The number of benzene rings is 1. The predicted molar refractivity (Wildman–Crippen MR) is 97.6 cm³/mol. The number of fused-ring (bicyclic) bond motifs is 1. The number of carboxylic acid groups (broad SMARTS) is 1. The molecule has 2 amide bonds. The minimum atomic E-state index is -1.07. The van der Waals surface area contributed by atoms with Gasteiger partial charge in [0.1, 0.15) is 6.04 Å². The second kappa shape index (κ2) is 8.94. The second-order valence-corrected chi connectivity index (χ2v) is 6.07. The summed E-state index contributed by atoms with van der Waals surface area (Å²) in [6.45, 7) is 3.22. The number of aliphatic carboxylic acids is 1. The van der Waals surface area contributed by atoms with E-state index in [9.17, 15) is 19.5 Å². The Bertz CT molecular complexity index is 801. The van der Waals surface area contributed by atoms with Crippen LogP contribution in [0.5, 0.6) is 0 Å². The predicted octanol–water partition coefficient (Wildman–Crippen LogP) is 1.61. The SMILES string of the molecule is CC(=O)NCCN(C(=O)CCc1ccnc2ccccc12)C(C)C(=O)O. The van der Waals surface area contributed by atoms with Gasteiger partial charge in [0.05, 0.1) is 5.52 Å². The molecule has 2 aromatic rings. The lowest BCUT2D eigenvalue weighted by Crippen LogP contribution is -2.46. The van der Waals surface area contributed by atoms with Crippen molar-refractivity contribution in [3.05, 3.63) is 42.1 Å². The lowest BCUT2D eigenvalue weighted by molar-refractivity contribution is -0.149. The normalized spacial score (nSPS) is 11.8. The Balaban J connectivity index is 2.07. The molecule has 0 saturated heterocycles. The molecule has 7 nitrogen and oxygen atoms in total. The molecule has 0 fully saturated rings. The van der Waals surface area contributed by atoms with Crippen LogP contribution in [0.3, 0.4) is 0 Å². The zero-order valence-corrected chi connectivity index (χ0v) is 14.9. The molecule has 0 aliphatic heterocycles. The summed E-state index contributed by atoms with van der Waals surface area (Å²) < 4.78 is 0. The van der Waals surface area contributed by atoms with E-state index in [2.05, 4.69) is 10.3 Å². The number of rotatable bonds is 8. The maximum atomic E-state index is 12.6. The van der Waals surface area contributed by atoms with Crippen molar-refractivity contribution >= 4 is 28.7 Å². The molecule has 0 aliphatic rings. The lowest BCUT2D eigenvalue weighted by atomic mass is 10.0. The standard InChI is InChI=1S/C19H23N3O4/c1-13(19(25)26)22(12-11-20-14(2)23)18(24)8-7-15-9-10-21-17-6-4-3-5-16(15)17/h3-6,9-10,13H,7-8,11-12H2,1-2H3,(H,20,23)(H,25,26). The van der Waals surface area contributed by atoms with Crippen LogP contribution in [0.2, 0.25) is 0 Å². The number of para-hydroxylation sites is 1. The molecule has 0 spiro atoms. The number of carbonyl (C=O) groups excluding carboxylic acids is 2. The third-order valence-corrected chi connectivity index (χ3v) is 4.22. The highest BCUT2D eigenvalue weighted by Gasteiger charge is 2.25. The number of nitrogens with one attached hydrogen (secondary N) is 1. The van der Waals surface area contributed by atoms with Gasteiger partial charge in [-0.15, -0.1) is 0 Å². The van der Waals surface area contributed by atoms with Gasteiger partial charge < -0.3 is 15.3 Å². The summed E-state index contributed by atoms with van der Waals surface area (Å²) in [5.41, 5.74) is 1.85. The third kappa shape index (κ3) is 5.02. The molecule has 1 unspecified atom stereocenters. The van der Waals surface area contributed by atoms with Crippen molar-refractivity contribution in [2.45, 2.75) is 32.7 Å². The van der Waals surface area contributed by atoms with Crippen molar-refractivity contribution < 1.29 is 19.5 Å². The van der Waals surface area contributed by atoms with Crippen LogP contribution in [0, 0.1) is 0 Å². The first-order valence-corrected chi connectivity index (χ1v) is 8.49. The van der Waals surface area contributed by atoms with Crippen LogP contribution in [0.25, 0.3) is 10.9 Å². The van der Waals surface area contributed by atoms with Crippen LogP contribution in [-0.2, 0) is 20.8 Å². The Labute approximate surface area is 152 Å². The minimum Gasteiger partial charge on any atom is -0.480 e. The number of nitrogens with zero attached hydrogens (tertiary/aromatic N) is 2. The molecule has 1 atom stereocenters. The van der Waals surface area contributed by atoms with Crippen LogP contribution in [0.1, 0.15) is 25.8 Å².